The summed E-state index contributed by atoms with van der Waals surface area (Å²) in [4.78, 5) is 7.48. The van der Waals surface area contributed by atoms with Gasteiger partial charge in [0.05, 0.1) is 6.20 Å². The van der Waals surface area contributed by atoms with Crippen LogP contribution in [0.2, 0.25) is 5.28 Å². The molecule has 0 saturated heterocycles. The lowest BCUT2D eigenvalue weighted by molar-refractivity contribution is 0.618. The first-order chi connectivity index (χ1) is 7.58. The largest absolute Gasteiger partial charge is 0.223 e. The predicted octanol–water partition coefficient (Wildman–Crippen LogP) is 3.55. The summed E-state index contributed by atoms with van der Waals surface area (Å²) < 4.78 is 13.5. The predicted molar refractivity (Wildman–Crippen MR) is 61.9 cm³/mol. The summed E-state index contributed by atoms with van der Waals surface area (Å²) in [6.07, 6.45) is 1.08. The number of aryl methyl sites for hydroxylation is 2. The van der Waals surface area contributed by atoms with Gasteiger partial charge in [0.15, 0.2) is 5.82 Å². The van der Waals surface area contributed by atoms with Gasteiger partial charge in [-0.05, 0) is 42.6 Å². The van der Waals surface area contributed by atoms with E-state index < -0.39 is 5.82 Å². The molecule has 0 aliphatic heterocycles. The van der Waals surface area contributed by atoms with E-state index in [2.05, 4.69) is 9.97 Å². The summed E-state index contributed by atoms with van der Waals surface area (Å²) >= 11 is 5.65. The van der Waals surface area contributed by atoms with Crippen molar-refractivity contribution in [1.82, 2.24) is 9.97 Å². The van der Waals surface area contributed by atoms with Gasteiger partial charge in [-0.3, -0.25) is 0 Å². The van der Waals surface area contributed by atoms with E-state index in [9.17, 15) is 4.39 Å². The first kappa shape index (κ1) is 11.0. The van der Waals surface area contributed by atoms with E-state index >= 15 is 0 Å². The zero-order valence-corrected chi connectivity index (χ0v) is 9.72. The average Bonchev–Trinajstić information content (AvgIpc) is 2.26. The minimum Gasteiger partial charge on any atom is -0.223 e. The smallest absolute Gasteiger partial charge is 0.223 e. The van der Waals surface area contributed by atoms with E-state index in [1.807, 2.05) is 32.0 Å². The highest BCUT2D eigenvalue weighted by atomic mass is 35.5. The number of benzene rings is 1. The highest BCUT2D eigenvalue weighted by molar-refractivity contribution is 6.28. The fourth-order valence-electron chi connectivity index (χ4n) is 1.44. The van der Waals surface area contributed by atoms with Crippen molar-refractivity contribution in [3.8, 4) is 11.3 Å². The number of halogens is 2. The average molecular weight is 237 g/mol. The fraction of sp³-hybridized carbons (Fsp3) is 0.167. The third-order valence-corrected chi connectivity index (χ3v) is 2.68. The van der Waals surface area contributed by atoms with Crippen LogP contribution in [0.4, 0.5) is 4.39 Å². The Morgan fingerprint density at radius 1 is 1.19 bits per heavy atom. The summed E-state index contributed by atoms with van der Waals surface area (Å²) in [7, 11) is 0. The monoisotopic (exact) mass is 236 g/mol. The lowest BCUT2D eigenvalue weighted by Crippen LogP contribution is -1.93. The molecule has 0 atom stereocenters. The van der Waals surface area contributed by atoms with Gasteiger partial charge in [-0.1, -0.05) is 12.1 Å². The van der Waals surface area contributed by atoms with Gasteiger partial charge >= 0.3 is 0 Å². The second-order valence-electron chi connectivity index (χ2n) is 3.63. The van der Waals surface area contributed by atoms with Crippen molar-refractivity contribution in [2.24, 2.45) is 0 Å². The van der Waals surface area contributed by atoms with Crippen LogP contribution in [0.1, 0.15) is 11.1 Å². The summed E-state index contributed by atoms with van der Waals surface area (Å²) in [5.74, 6) is -0.465. The molecule has 0 unspecified atom stereocenters. The summed E-state index contributed by atoms with van der Waals surface area (Å²) in [5, 5.41) is 0.0506. The molecule has 4 heteroatoms. The van der Waals surface area contributed by atoms with Crippen LogP contribution in [-0.4, -0.2) is 9.97 Å². The zero-order valence-electron chi connectivity index (χ0n) is 8.96. The van der Waals surface area contributed by atoms with Gasteiger partial charge in [-0.2, -0.15) is 0 Å². The minimum atomic E-state index is -0.465. The van der Waals surface area contributed by atoms with Gasteiger partial charge in [0.1, 0.15) is 5.69 Å². The summed E-state index contributed by atoms with van der Waals surface area (Å²) in [6.45, 7) is 3.97. The molecule has 16 heavy (non-hydrogen) atoms. The molecule has 1 aromatic carbocycles. The number of aromatic nitrogens is 2. The van der Waals surface area contributed by atoms with Crippen LogP contribution < -0.4 is 0 Å². The van der Waals surface area contributed by atoms with E-state index in [1.54, 1.807) is 0 Å². The van der Waals surface area contributed by atoms with Crippen molar-refractivity contribution >= 4 is 11.6 Å². The minimum absolute atomic E-state index is 0.0506. The van der Waals surface area contributed by atoms with E-state index in [-0.39, 0.29) is 11.0 Å². The Bertz CT molecular complexity index is 541. The molecule has 0 fully saturated rings. The Kier molecular flexibility index (Phi) is 2.88. The maximum atomic E-state index is 13.5. The third kappa shape index (κ3) is 2.04. The van der Waals surface area contributed by atoms with Crippen molar-refractivity contribution in [3.05, 3.63) is 46.6 Å². The van der Waals surface area contributed by atoms with Gasteiger partial charge in [0, 0.05) is 5.56 Å². The van der Waals surface area contributed by atoms with Gasteiger partial charge in [0.2, 0.25) is 5.28 Å². The van der Waals surface area contributed by atoms with Crippen LogP contribution in [0.15, 0.2) is 24.4 Å². The summed E-state index contributed by atoms with van der Waals surface area (Å²) in [5.41, 5.74) is 3.20. The molecule has 2 rings (SSSR count). The number of rotatable bonds is 1. The van der Waals surface area contributed by atoms with Crippen LogP contribution in [0.3, 0.4) is 0 Å². The van der Waals surface area contributed by atoms with E-state index in [0.29, 0.717) is 5.56 Å². The maximum absolute atomic E-state index is 13.5. The SMILES string of the molecule is Cc1ccc(-c2nc(Cl)ncc2F)cc1C. The molecule has 0 spiro atoms. The normalized spacial score (nSPS) is 10.5. The molecular weight excluding hydrogens is 227 g/mol. The highest BCUT2D eigenvalue weighted by Crippen LogP contribution is 2.23. The number of nitrogens with zero attached hydrogens (tertiary/aromatic N) is 2. The molecule has 2 nitrogen and oxygen atoms in total. The van der Waals surface area contributed by atoms with Crippen molar-refractivity contribution in [1.29, 1.82) is 0 Å². The first-order valence-electron chi connectivity index (χ1n) is 4.83. The molecule has 0 bridgehead atoms. The number of hydrogen-bond acceptors (Lipinski definition) is 2. The molecule has 0 amide bonds. The lowest BCUT2D eigenvalue weighted by Gasteiger charge is -2.05. The Hall–Kier alpha value is -1.48. The van der Waals surface area contributed by atoms with E-state index in [1.165, 1.54) is 0 Å². The molecular formula is C12H10ClFN2. The van der Waals surface area contributed by atoms with E-state index in [4.69, 9.17) is 11.6 Å². The zero-order chi connectivity index (χ0) is 11.7. The second-order valence-corrected chi connectivity index (χ2v) is 3.97. The molecule has 2 aromatic rings. The Balaban J connectivity index is 2.58. The van der Waals surface area contributed by atoms with Crippen LogP contribution in [-0.2, 0) is 0 Å². The first-order valence-corrected chi connectivity index (χ1v) is 5.21. The van der Waals surface area contributed by atoms with Crippen molar-refractivity contribution < 1.29 is 4.39 Å². The van der Waals surface area contributed by atoms with Crippen LogP contribution in [0, 0.1) is 19.7 Å². The van der Waals surface area contributed by atoms with Crippen LogP contribution in [0.5, 0.6) is 0 Å². The lowest BCUT2D eigenvalue weighted by atomic mass is 10.0. The maximum Gasteiger partial charge on any atom is 0.223 e. The van der Waals surface area contributed by atoms with Gasteiger partial charge < -0.3 is 0 Å². The molecule has 1 aromatic heterocycles. The van der Waals surface area contributed by atoms with Crippen LogP contribution >= 0.6 is 11.6 Å². The molecule has 0 aliphatic carbocycles. The topological polar surface area (TPSA) is 25.8 Å². The van der Waals surface area contributed by atoms with Crippen molar-refractivity contribution in [2.75, 3.05) is 0 Å². The summed E-state index contributed by atoms with van der Waals surface area (Å²) in [6, 6.07) is 5.64. The second kappa shape index (κ2) is 4.18. The quantitative estimate of drug-likeness (QED) is 0.708. The van der Waals surface area contributed by atoms with Crippen molar-refractivity contribution in [2.45, 2.75) is 13.8 Å². The Morgan fingerprint density at radius 2 is 1.94 bits per heavy atom. The molecule has 0 radical (unpaired) electrons. The van der Waals surface area contributed by atoms with Crippen LogP contribution in [0.25, 0.3) is 11.3 Å². The van der Waals surface area contributed by atoms with Crippen molar-refractivity contribution in [3.63, 3.8) is 0 Å². The molecule has 1 heterocycles. The number of hydrogen-bond donors (Lipinski definition) is 0. The van der Waals surface area contributed by atoms with Gasteiger partial charge in [-0.15, -0.1) is 0 Å². The molecule has 0 saturated carbocycles. The highest BCUT2D eigenvalue weighted by Gasteiger charge is 2.09. The Morgan fingerprint density at radius 3 is 2.62 bits per heavy atom. The Labute approximate surface area is 98.1 Å². The van der Waals surface area contributed by atoms with Gasteiger partial charge in [0.25, 0.3) is 0 Å². The van der Waals surface area contributed by atoms with E-state index in [0.717, 1.165) is 17.3 Å². The molecule has 0 N–H and O–H groups in total. The third-order valence-electron chi connectivity index (χ3n) is 2.50. The van der Waals surface area contributed by atoms with Gasteiger partial charge in [-0.25, -0.2) is 14.4 Å². The standard InChI is InChI=1S/C12H10ClFN2/c1-7-3-4-9(5-8(7)2)11-10(14)6-15-12(13)16-11/h3-6H,1-2H3. The molecule has 0 aliphatic rings. The molecule has 82 valence electrons. The fourth-order valence-corrected chi connectivity index (χ4v) is 1.57.